The number of hydrogen-bond acceptors (Lipinski definition) is 2. The van der Waals surface area contributed by atoms with E-state index in [4.69, 9.17) is 5.73 Å². The first kappa shape index (κ1) is 13.4. The molecule has 0 radical (unpaired) electrons. The van der Waals surface area contributed by atoms with Gasteiger partial charge in [0.15, 0.2) is 0 Å². The minimum Gasteiger partial charge on any atom is -0.335 e. The maximum absolute atomic E-state index is 13.2. The van der Waals surface area contributed by atoms with Crippen molar-refractivity contribution in [3.05, 3.63) is 29.6 Å². The third kappa shape index (κ3) is 3.70. The zero-order valence-corrected chi connectivity index (χ0v) is 10.5. The smallest absolute Gasteiger partial charge is 0.319 e. The lowest BCUT2D eigenvalue weighted by Gasteiger charge is -2.26. The number of amides is 2. The number of urea groups is 1. The molecule has 0 aromatic heterocycles. The number of nitrogens with two attached hydrogens (primary N) is 1. The molecule has 0 unspecified atom stereocenters. The third-order valence-electron chi connectivity index (χ3n) is 3.00. The number of carbonyl (C=O) groups excluding carboxylic acids is 1. The Morgan fingerprint density at radius 3 is 2.89 bits per heavy atom. The fourth-order valence-corrected chi connectivity index (χ4v) is 1.77. The summed E-state index contributed by atoms with van der Waals surface area (Å²) >= 11 is 0. The Morgan fingerprint density at radius 2 is 2.26 bits per heavy atom. The Morgan fingerprint density at radius 1 is 1.47 bits per heavy atom. The van der Waals surface area contributed by atoms with Crippen LogP contribution in [0.2, 0.25) is 0 Å². The van der Waals surface area contributed by atoms with Gasteiger partial charge < -0.3 is 16.4 Å². The van der Waals surface area contributed by atoms with Crippen LogP contribution in [-0.4, -0.2) is 18.6 Å². The highest BCUT2D eigenvalue weighted by Gasteiger charge is 2.19. The van der Waals surface area contributed by atoms with Crippen molar-refractivity contribution in [1.82, 2.24) is 5.32 Å². The van der Waals surface area contributed by atoms with E-state index < -0.39 is 5.82 Å². The molecule has 19 heavy (non-hydrogen) atoms. The second-order valence-electron chi connectivity index (χ2n) is 4.42. The molecule has 1 saturated carbocycles. The highest BCUT2D eigenvalue weighted by atomic mass is 19.1. The highest BCUT2D eigenvalue weighted by molar-refractivity contribution is 5.91. The lowest BCUT2D eigenvalue weighted by atomic mass is 9.93. The molecular weight excluding hydrogens is 245 g/mol. The summed E-state index contributed by atoms with van der Waals surface area (Å²) in [6, 6.07) is 4.02. The molecule has 0 aliphatic heterocycles. The van der Waals surface area contributed by atoms with Crippen molar-refractivity contribution >= 4 is 11.7 Å². The van der Waals surface area contributed by atoms with Gasteiger partial charge in [-0.05, 0) is 37.5 Å². The average Bonchev–Trinajstić information content (AvgIpc) is 2.34. The fraction of sp³-hybridized carbons (Fsp3) is 0.357. The predicted molar refractivity (Wildman–Crippen MR) is 72.1 cm³/mol. The van der Waals surface area contributed by atoms with Crippen LogP contribution >= 0.6 is 0 Å². The molecule has 4 N–H and O–H groups in total. The average molecular weight is 261 g/mol. The molecule has 4 nitrogen and oxygen atoms in total. The van der Waals surface area contributed by atoms with E-state index in [0.29, 0.717) is 11.3 Å². The molecule has 5 heteroatoms. The number of benzene rings is 1. The second kappa shape index (κ2) is 6.21. The largest absolute Gasteiger partial charge is 0.335 e. The van der Waals surface area contributed by atoms with E-state index in [1.807, 2.05) is 0 Å². The SMILES string of the molecule is NCC#Cc1cc(F)ccc1NC(=O)NC1CCC1. The van der Waals surface area contributed by atoms with Crippen molar-refractivity contribution in [2.24, 2.45) is 5.73 Å². The van der Waals surface area contributed by atoms with E-state index >= 15 is 0 Å². The normalized spacial score (nSPS) is 14.0. The molecular formula is C14H16FN3O. The fourth-order valence-electron chi connectivity index (χ4n) is 1.77. The Kier molecular flexibility index (Phi) is 4.37. The second-order valence-corrected chi connectivity index (χ2v) is 4.42. The van der Waals surface area contributed by atoms with Gasteiger partial charge in [-0.2, -0.15) is 0 Å². The van der Waals surface area contributed by atoms with Crippen molar-refractivity contribution in [1.29, 1.82) is 0 Å². The van der Waals surface area contributed by atoms with E-state index in [1.165, 1.54) is 18.2 Å². The molecule has 0 bridgehead atoms. The first-order valence-corrected chi connectivity index (χ1v) is 6.25. The topological polar surface area (TPSA) is 67.1 Å². The van der Waals surface area contributed by atoms with Crippen molar-refractivity contribution in [3.8, 4) is 11.8 Å². The number of hydrogen-bond donors (Lipinski definition) is 3. The van der Waals surface area contributed by atoms with Crippen molar-refractivity contribution in [3.63, 3.8) is 0 Å². The molecule has 0 atom stereocenters. The maximum Gasteiger partial charge on any atom is 0.319 e. The van der Waals surface area contributed by atoms with Gasteiger partial charge in [-0.25, -0.2) is 9.18 Å². The van der Waals surface area contributed by atoms with Gasteiger partial charge in [0.05, 0.1) is 17.8 Å². The van der Waals surface area contributed by atoms with E-state index in [9.17, 15) is 9.18 Å². The molecule has 100 valence electrons. The van der Waals surface area contributed by atoms with E-state index in [2.05, 4.69) is 22.5 Å². The molecule has 1 aliphatic rings. The van der Waals surface area contributed by atoms with E-state index in [-0.39, 0.29) is 18.6 Å². The van der Waals surface area contributed by atoms with Crippen molar-refractivity contribution in [2.75, 3.05) is 11.9 Å². The van der Waals surface area contributed by atoms with Crippen LogP contribution in [0.15, 0.2) is 18.2 Å². The van der Waals surface area contributed by atoms with Crippen LogP contribution in [0.25, 0.3) is 0 Å². The van der Waals surface area contributed by atoms with Crippen LogP contribution in [0.4, 0.5) is 14.9 Å². The number of halogens is 1. The van der Waals surface area contributed by atoms with Crippen LogP contribution in [-0.2, 0) is 0 Å². The molecule has 0 spiro atoms. The van der Waals surface area contributed by atoms with E-state index in [0.717, 1.165) is 19.3 Å². The van der Waals surface area contributed by atoms with Gasteiger partial charge in [-0.1, -0.05) is 11.8 Å². The summed E-state index contributed by atoms with van der Waals surface area (Å²) in [5.74, 6) is 4.99. The monoisotopic (exact) mass is 261 g/mol. The molecule has 1 aliphatic carbocycles. The van der Waals surface area contributed by atoms with Crippen LogP contribution in [0.5, 0.6) is 0 Å². The number of anilines is 1. The van der Waals surface area contributed by atoms with Crippen LogP contribution < -0.4 is 16.4 Å². The minimum atomic E-state index is -0.397. The molecule has 0 heterocycles. The molecule has 1 aromatic carbocycles. The zero-order valence-electron chi connectivity index (χ0n) is 10.5. The van der Waals surface area contributed by atoms with Crippen LogP contribution in [0.1, 0.15) is 24.8 Å². The molecule has 1 aromatic rings. The lowest BCUT2D eigenvalue weighted by Crippen LogP contribution is -2.41. The molecule has 0 saturated heterocycles. The first-order valence-electron chi connectivity index (χ1n) is 6.25. The van der Waals surface area contributed by atoms with Gasteiger partial charge >= 0.3 is 6.03 Å². The van der Waals surface area contributed by atoms with Gasteiger partial charge in [0.2, 0.25) is 0 Å². The number of rotatable bonds is 2. The van der Waals surface area contributed by atoms with Gasteiger partial charge in [0, 0.05) is 6.04 Å². The zero-order chi connectivity index (χ0) is 13.7. The third-order valence-corrected chi connectivity index (χ3v) is 3.00. The summed E-state index contributed by atoms with van der Waals surface area (Å²) in [6.07, 6.45) is 3.17. The van der Waals surface area contributed by atoms with Crippen molar-refractivity contribution in [2.45, 2.75) is 25.3 Å². The number of nitrogens with one attached hydrogen (secondary N) is 2. The summed E-state index contributed by atoms with van der Waals surface area (Å²) in [5.41, 5.74) is 6.20. The Balaban J connectivity index is 2.07. The molecule has 1 fully saturated rings. The van der Waals surface area contributed by atoms with Gasteiger partial charge in [-0.3, -0.25) is 0 Å². The van der Waals surface area contributed by atoms with Crippen molar-refractivity contribution < 1.29 is 9.18 Å². The lowest BCUT2D eigenvalue weighted by molar-refractivity contribution is 0.240. The summed E-state index contributed by atoms with van der Waals surface area (Å²) in [7, 11) is 0. The molecule has 2 rings (SSSR count). The van der Waals surface area contributed by atoms with Gasteiger partial charge in [0.25, 0.3) is 0 Å². The van der Waals surface area contributed by atoms with Crippen LogP contribution in [0, 0.1) is 17.7 Å². The predicted octanol–water partition coefficient (Wildman–Crippen LogP) is 1.81. The Hall–Kier alpha value is -2.06. The quantitative estimate of drug-likeness (QED) is 0.711. The van der Waals surface area contributed by atoms with Gasteiger partial charge in [-0.15, -0.1) is 0 Å². The Labute approximate surface area is 111 Å². The summed E-state index contributed by atoms with van der Waals surface area (Å²) < 4.78 is 13.2. The summed E-state index contributed by atoms with van der Waals surface area (Å²) in [4.78, 5) is 11.7. The van der Waals surface area contributed by atoms with Gasteiger partial charge in [0.1, 0.15) is 5.82 Å². The van der Waals surface area contributed by atoms with Crippen LogP contribution in [0.3, 0.4) is 0 Å². The van der Waals surface area contributed by atoms with E-state index in [1.54, 1.807) is 0 Å². The summed E-state index contributed by atoms with van der Waals surface area (Å²) in [6.45, 7) is 0.185. The number of carbonyl (C=O) groups is 1. The maximum atomic E-state index is 13.2. The first-order chi connectivity index (χ1) is 9.19. The minimum absolute atomic E-state index is 0.185. The standard InChI is InChI=1S/C14H16FN3O/c15-11-6-7-13(10(9-11)3-2-8-16)18-14(19)17-12-4-1-5-12/h6-7,9,12H,1,4-5,8,16H2,(H2,17,18,19). The summed E-state index contributed by atoms with van der Waals surface area (Å²) in [5, 5.41) is 5.53. The Bertz CT molecular complexity index is 529. The highest BCUT2D eigenvalue weighted by Crippen LogP contribution is 2.19. The molecule has 2 amide bonds.